The van der Waals surface area contributed by atoms with E-state index in [9.17, 15) is 18.3 Å². The zero-order valence-electron chi connectivity index (χ0n) is 9.38. The van der Waals surface area contributed by atoms with Crippen molar-refractivity contribution in [3.63, 3.8) is 0 Å². The summed E-state index contributed by atoms with van der Waals surface area (Å²) in [7, 11) is -3.88. The Bertz CT molecular complexity index is 639. The number of rotatable bonds is 3. The first-order valence-corrected chi connectivity index (χ1v) is 7.27. The Labute approximate surface area is 119 Å². The smallest absolute Gasteiger partial charge is 0.338 e. The molecule has 1 aromatic carbocycles. The average Bonchev–Trinajstić information content (AvgIpc) is 2.27. The summed E-state index contributed by atoms with van der Waals surface area (Å²) in [4.78, 5) is 10.6. The fourth-order valence-electron chi connectivity index (χ4n) is 1.63. The van der Waals surface area contributed by atoms with Crippen molar-refractivity contribution >= 4 is 39.2 Å². The highest BCUT2D eigenvalue weighted by Gasteiger charge is 2.52. The van der Waals surface area contributed by atoms with Gasteiger partial charge in [0.05, 0.1) is 28.0 Å². The molecule has 0 radical (unpaired) electrons. The third kappa shape index (κ3) is 2.44. The number of aliphatic hydroxyl groups is 1. The molecule has 9 heteroatoms. The highest BCUT2D eigenvalue weighted by molar-refractivity contribution is 7.89. The summed E-state index contributed by atoms with van der Waals surface area (Å²) in [6, 6.07) is 3.78. The quantitative estimate of drug-likeness (QED) is 0.857. The van der Waals surface area contributed by atoms with Gasteiger partial charge in [0, 0.05) is 0 Å². The molecule has 1 aliphatic heterocycles. The van der Waals surface area contributed by atoms with E-state index in [-0.39, 0.29) is 14.9 Å². The number of carbonyl (C=O) groups is 1. The van der Waals surface area contributed by atoms with Gasteiger partial charge in [-0.25, -0.2) is 13.2 Å². The van der Waals surface area contributed by atoms with Crippen LogP contribution >= 0.6 is 23.2 Å². The summed E-state index contributed by atoms with van der Waals surface area (Å²) < 4.78 is 25.1. The van der Waals surface area contributed by atoms with Crippen LogP contribution in [0.15, 0.2) is 23.1 Å². The van der Waals surface area contributed by atoms with E-state index in [1.54, 1.807) is 0 Å². The zero-order valence-corrected chi connectivity index (χ0v) is 11.7. The van der Waals surface area contributed by atoms with Crippen LogP contribution in [0.1, 0.15) is 0 Å². The van der Waals surface area contributed by atoms with Crippen LogP contribution in [-0.2, 0) is 14.8 Å². The monoisotopic (exact) mass is 325 g/mol. The van der Waals surface area contributed by atoms with E-state index in [4.69, 9.17) is 28.3 Å². The van der Waals surface area contributed by atoms with Crippen molar-refractivity contribution in [1.82, 2.24) is 4.31 Å². The van der Waals surface area contributed by atoms with Gasteiger partial charge in [0.2, 0.25) is 10.0 Å². The van der Waals surface area contributed by atoms with Gasteiger partial charge in [-0.05, 0) is 18.2 Å². The third-order valence-electron chi connectivity index (χ3n) is 2.80. The molecule has 1 saturated heterocycles. The molecule has 0 atom stereocenters. The molecule has 0 unspecified atom stereocenters. The molecular weight excluding hydrogens is 317 g/mol. The van der Waals surface area contributed by atoms with Gasteiger partial charge >= 0.3 is 5.97 Å². The Hall–Kier alpha value is -0.860. The molecule has 2 rings (SSSR count). The molecule has 0 aliphatic carbocycles. The zero-order chi connectivity index (χ0) is 14.4. The minimum Gasteiger partial charge on any atom is -0.479 e. The Kier molecular flexibility index (Phi) is 3.53. The van der Waals surface area contributed by atoms with Crippen molar-refractivity contribution in [2.45, 2.75) is 10.5 Å². The number of β-amino-alcohol motifs (C(OH)–C–C–N with tert-alkyl or cyclic N) is 1. The van der Waals surface area contributed by atoms with Crippen LogP contribution in [0.5, 0.6) is 0 Å². The van der Waals surface area contributed by atoms with Gasteiger partial charge in [-0.15, -0.1) is 0 Å². The number of hydrogen-bond acceptors (Lipinski definition) is 4. The van der Waals surface area contributed by atoms with Crippen molar-refractivity contribution in [3.8, 4) is 0 Å². The summed E-state index contributed by atoms with van der Waals surface area (Å²) in [5.41, 5.74) is -2.02. The van der Waals surface area contributed by atoms with Crippen LogP contribution in [0, 0.1) is 0 Å². The van der Waals surface area contributed by atoms with Gasteiger partial charge in [-0.2, -0.15) is 4.31 Å². The number of hydrogen-bond donors (Lipinski definition) is 2. The molecule has 0 spiro atoms. The summed E-state index contributed by atoms with van der Waals surface area (Å²) in [6.07, 6.45) is 0. The van der Waals surface area contributed by atoms with Gasteiger partial charge in [-0.3, -0.25) is 0 Å². The topological polar surface area (TPSA) is 94.9 Å². The molecule has 0 saturated carbocycles. The van der Waals surface area contributed by atoms with Gasteiger partial charge in [-0.1, -0.05) is 23.2 Å². The third-order valence-corrected chi connectivity index (χ3v) is 5.33. The van der Waals surface area contributed by atoms with Crippen molar-refractivity contribution < 1.29 is 23.4 Å². The highest BCUT2D eigenvalue weighted by atomic mass is 35.5. The number of sulfonamides is 1. The fourth-order valence-corrected chi connectivity index (χ4v) is 3.56. The molecule has 0 aromatic heterocycles. The largest absolute Gasteiger partial charge is 0.479 e. The second-order valence-electron chi connectivity index (χ2n) is 4.19. The molecule has 1 aromatic rings. The van der Waals surface area contributed by atoms with Gasteiger partial charge in [0.1, 0.15) is 0 Å². The van der Waals surface area contributed by atoms with Crippen LogP contribution in [0.25, 0.3) is 0 Å². The van der Waals surface area contributed by atoms with Crippen molar-refractivity contribution in [1.29, 1.82) is 0 Å². The average molecular weight is 326 g/mol. The van der Waals surface area contributed by atoms with Gasteiger partial charge < -0.3 is 10.2 Å². The molecule has 104 valence electrons. The molecule has 0 bridgehead atoms. The minimum atomic E-state index is -3.88. The van der Waals surface area contributed by atoms with E-state index in [2.05, 4.69) is 0 Å². The molecule has 1 aliphatic rings. The normalized spacial score (nSPS) is 18.9. The molecular formula is C10H9Cl2NO5S. The standard InChI is InChI=1S/C10H9Cl2NO5S/c11-7-2-1-6(3-8(7)12)19(17,18)13-4-10(16,5-13)9(14)15/h1-3,16H,4-5H2,(H,14,15). The molecule has 0 amide bonds. The second-order valence-corrected chi connectivity index (χ2v) is 6.94. The molecule has 2 N–H and O–H groups in total. The van der Waals surface area contributed by atoms with Crippen LogP contribution in [0.3, 0.4) is 0 Å². The SMILES string of the molecule is O=C(O)C1(O)CN(S(=O)(=O)c2ccc(Cl)c(Cl)c2)C1. The van der Waals surface area contributed by atoms with E-state index >= 15 is 0 Å². The van der Waals surface area contributed by atoms with Crippen LogP contribution in [0.2, 0.25) is 10.0 Å². The number of nitrogens with zero attached hydrogens (tertiary/aromatic N) is 1. The number of halogens is 2. The van der Waals surface area contributed by atoms with E-state index < -0.39 is 34.7 Å². The van der Waals surface area contributed by atoms with E-state index in [0.29, 0.717) is 0 Å². The summed E-state index contributed by atoms with van der Waals surface area (Å²) >= 11 is 11.4. The number of carboxylic acid groups (broad SMARTS) is 1. The Balaban J connectivity index is 2.26. The lowest BCUT2D eigenvalue weighted by molar-refractivity contribution is -0.170. The fraction of sp³-hybridized carbons (Fsp3) is 0.300. The Morgan fingerprint density at radius 2 is 1.84 bits per heavy atom. The first-order valence-electron chi connectivity index (χ1n) is 5.08. The number of carboxylic acids is 1. The predicted molar refractivity (Wildman–Crippen MR) is 67.8 cm³/mol. The van der Waals surface area contributed by atoms with E-state index in [1.807, 2.05) is 0 Å². The lowest BCUT2D eigenvalue weighted by Gasteiger charge is -2.41. The van der Waals surface area contributed by atoms with Crippen molar-refractivity contribution in [2.24, 2.45) is 0 Å². The first-order chi connectivity index (χ1) is 8.67. The lowest BCUT2D eigenvalue weighted by atomic mass is 9.98. The summed E-state index contributed by atoms with van der Waals surface area (Å²) in [5, 5.41) is 18.5. The van der Waals surface area contributed by atoms with Crippen LogP contribution in [0.4, 0.5) is 0 Å². The number of aliphatic carboxylic acids is 1. The lowest BCUT2D eigenvalue weighted by Crippen LogP contribution is -2.67. The predicted octanol–water partition coefficient (Wildman–Crippen LogP) is 0.813. The molecule has 1 heterocycles. The van der Waals surface area contributed by atoms with Gasteiger partial charge in [0.25, 0.3) is 0 Å². The molecule has 1 fully saturated rings. The van der Waals surface area contributed by atoms with Crippen molar-refractivity contribution in [2.75, 3.05) is 13.1 Å². The second kappa shape index (κ2) is 4.60. The maximum absolute atomic E-state index is 12.1. The molecule has 19 heavy (non-hydrogen) atoms. The maximum atomic E-state index is 12.1. The summed E-state index contributed by atoms with van der Waals surface area (Å²) in [5.74, 6) is -1.45. The van der Waals surface area contributed by atoms with E-state index in [1.165, 1.54) is 18.2 Å². The first kappa shape index (κ1) is 14.5. The van der Waals surface area contributed by atoms with Crippen LogP contribution < -0.4 is 0 Å². The maximum Gasteiger partial charge on any atom is 0.338 e. The highest BCUT2D eigenvalue weighted by Crippen LogP contribution is 2.31. The van der Waals surface area contributed by atoms with Crippen LogP contribution in [-0.4, -0.2) is 47.6 Å². The van der Waals surface area contributed by atoms with Gasteiger partial charge in [0.15, 0.2) is 5.60 Å². The molecule has 6 nitrogen and oxygen atoms in total. The number of benzene rings is 1. The van der Waals surface area contributed by atoms with E-state index in [0.717, 1.165) is 4.31 Å². The summed E-state index contributed by atoms with van der Waals surface area (Å²) in [6.45, 7) is -0.990. The Morgan fingerprint density at radius 1 is 1.26 bits per heavy atom. The minimum absolute atomic E-state index is 0.0803. The van der Waals surface area contributed by atoms with Crippen molar-refractivity contribution in [3.05, 3.63) is 28.2 Å². The Morgan fingerprint density at radius 3 is 2.32 bits per heavy atom.